The van der Waals surface area contributed by atoms with Crippen molar-refractivity contribution in [2.45, 2.75) is 0 Å². The van der Waals surface area contributed by atoms with E-state index in [0.717, 1.165) is 16.4 Å². The molecule has 0 bridgehead atoms. The zero-order valence-corrected chi connectivity index (χ0v) is 7.68. The number of hydrogen-bond acceptors (Lipinski definition) is 1. The molecule has 0 saturated carbocycles. The van der Waals surface area contributed by atoms with Crippen LogP contribution in [-0.4, -0.2) is 4.98 Å². The summed E-state index contributed by atoms with van der Waals surface area (Å²) < 4.78 is 0. The summed E-state index contributed by atoms with van der Waals surface area (Å²) in [7, 11) is 0. The molecule has 0 fully saturated rings. The SMILES string of the molecule is Clc1ccc(Nc2cc[nH]c2)cc1. The third-order valence-electron chi connectivity index (χ3n) is 1.73. The molecule has 0 saturated heterocycles. The summed E-state index contributed by atoms with van der Waals surface area (Å²) in [5.74, 6) is 0. The third-order valence-corrected chi connectivity index (χ3v) is 1.98. The standard InChI is InChI=1S/C10H9ClN2/c11-8-1-3-9(4-2-8)13-10-5-6-12-7-10/h1-7,12-13H. The van der Waals surface area contributed by atoms with Gasteiger partial charge in [-0.25, -0.2) is 0 Å². The van der Waals surface area contributed by atoms with E-state index < -0.39 is 0 Å². The summed E-state index contributed by atoms with van der Waals surface area (Å²) >= 11 is 5.76. The molecule has 66 valence electrons. The summed E-state index contributed by atoms with van der Waals surface area (Å²) in [4.78, 5) is 2.97. The van der Waals surface area contributed by atoms with E-state index in [9.17, 15) is 0 Å². The second-order valence-electron chi connectivity index (χ2n) is 2.73. The van der Waals surface area contributed by atoms with Crippen molar-refractivity contribution in [3.63, 3.8) is 0 Å². The lowest BCUT2D eigenvalue weighted by atomic mass is 10.3. The lowest BCUT2D eigenvalue weighted by molar-refractivity contribution is 1.41. The zero-order valence-electron chi connectivity index (χ0n) is 6.92. The van der Waals surface area contributed by atoms with Crippen molar-refractivity contribution in [3.05, 3.63) is 47.7 Å². The van der Waals surface area contributed by atoms with E-state index in [4.69, 9.17) is 11.6 Å². The summed E-state index contributed by atoms with van der Waals surface area (Å²) in [5.41, 5.74) is 2.08. The van der Waals surface area contributed by atoms with Crippen LogP contribution in [0.25, 0.3) is 0 Å². The molecule has 0 amide bonds. The Labute approximate surface area is 81.6 Å². The lowest BCUT2D eigenvalue weighted by Gasteiger charge is -2.02. The molecule has 0 aliphatic rings. The topological polar surface area (TPSA) is 27.8 Å². The van der Waals surface area contributed by atoms with Gasteiger partial charge in [0.05, 0.1) is 5.69 Å². The first-order valence-electron chi connectivity index (χ1n) is 4.00. The van der Waals surface area contributed by atoms with Crippen LogP contribution in [0, 0.1) is 0 Å². The van der Waals surface area contributed by atoms with E-state index in [0.29, 0.717) is 0 Å². The van der Waals surface area contributed by atoms with Gasteiger partial charge in [0, 0.05) is 23.1 Å². The second kappa shape index (κ2) is 3.54. The van der Waals surface area contributed by atoms with Crippen molar-refractivity contribution in [2.24, 2.45) is 0 Å². The minimum absolute atomic E-state index is 0.750. The maximum absolute atomic E-state index is 5.76. The molecule has 2 N–H and O–H groups in total. The molecule has 1 heterocycles. The van der Waals surface area contributed by atoms with E-state index in [1.54, 1.807) is 0 Å². The van der Waals surface area contributed by atoms with Gasteiger partial charge in [-0.05, 0) is 30.3 Å². The molecule has 2 aromatic rings. The smallest absolute Gasteiger partial charge is 0.0561 e. The van der Waals surface area contributed by atoms with Crippen LogP contribution in [0.4, 0.5) is 11.4 Å². The second-order valence-corrected chi connectivity index (χ2v) is 3.17. The molecule has 1 aromatic carbocycles. The van der Waals surface area contributed by atoms with Crippen LogP contribution in [-0.2, 0) is 0 Å². The molecule has 0 radical (unpaired) electrons. The molecule has 0 atom stereocenters. The largest absolute Gasteiger partial charge is 0.366 e. The Morgan fingerprint density at radius 3 is 2.38 bits per heavy atom. The Balaban J connectivity index is 2.15. The van der Waals surface area contributed by atoms with Gasteiger partial charge in [0.25, 0.3) is 0 Å². The molecule has 0 unspecified atom stereocenters. The Kier molecular flexibility index (Phi) is 2.23. The van der Waals surface area contributed by atoms with Gasteiger partial charge in [-0.1, -0.05) is 11.6 Å². The predicted octanol–water partition coefficient (Wildman–Crippen LogP) is 3.41. The van der Waals surface area contributed by atoms with Gasteiger partial charge in [-0.2, -0.15) is 0 Å². The van der Waals surface area contributed by atoms with Crippen LogP contribution >= 0.6 is 11.6 Å². The van der Waals surface area contributed by atoms with Crippen LogP contribution in [0.2, 0.25) is 5.02 Å². The first-order valence-corrected chi connectivity index (χ1v) is 4.38. The van der Waals surface area contributed by atoms with Crippen LogP contribution < -0.4 is 5.32 Å². The lowest BCUT2D eigenvalue weighted by Crippen LogP contribution is -1.86. The fourth-order valence-corrected chi connectivity index (χ4v) is 1.23. The molecule has 0 aliphatic heterocycles. The average Bonchev–Trinajstić information content (AvgIpc) is 2.62. The molecule has 0 spiro atoms. The molecule has 13 heavy (non-hydrogen) atoms. The number of halogens is 1. The predicted molar refractivity (Wildman–Crippen MR) is 55.5 cm³/mol. The first kappa shape index (κ1) is 8.20. The Bertz CT molecular complexity index is 364. The number of aromatic nitrogens is 1. The average molecular weight is 193 g/mol. The highest BCUT2D eigenvalue weighted by molar-refractivity contribution is 6.30. The van der Waals surface area contributed by atoms with E-state index in [-0.39, 0.29) is 0 Å². The number of nitrogens with one attached hydrogen (secondary N) is 2. The Morgan fingerprint density at radius 2 is 1.77 bits per heavy atom. The molecule has 0 aliphatic carbocycles. The van der Waals surface area contributed by atoms with E-state index >= 15 is 0 Å². The van der Waals surface area contributed by atoms with Crippen LogP contribution in [0.5, 0.6) is 0 Å². The Morgan fingerprint density at radius 1 is 1.00 bits per heavy atom. The van der Waals surface area contributed by atoms with Gasteiger partial charge >= 0.3 is 0 Å². The van der Waals surface area contributed by atoms with Crippen molar-refractivity contribution in [1.29, 1.82) is 0 Å². The molecule has 1 aromatic heterocycles. The number of H-pyrrole nitrogens is 1. The quantitative estimate of drug-likeness (QED) is 0.750. The van der Waals surface area contributed by atoms with Crippen LogP contribution in [0.3, 0.4) is 0 Å². The fourth-order valence-electron chi connectivity index (χ4n) is 1.10. The monoisotopic (exact) mass is 192 g/mol. The number of rotatable bonds is 2. The fraction of sp³-hybridized carbons (Fsp3) is 0. The molecule has 3 heteroatoms. The summed E-state index contributed by atoms with van der Waals surface area (Å²) in [6.07, 6.45) is 3.77. The van der Waals surface area contributed by atoms with Crippen LogP contribution in [0.1, 0.15) is 0 Å². The normalized spacial score (nSPS) is 9.92. The first-order chi connectivity index (χ1) is 6.34. The van der Waals surface area contributed by atoms with Gasteiger partial charge < -0.3 is 10.3 Å². The van der Waals surface area contributed by atoms with E-state index in [1.807, 2.05) is 42.7 Å². The zero-order chi connectivity index (χ0) is 9.10. The molecule has 2 nitrogen and oxygen atoms in total. The number of benzene rings is 1. The number of aromatic amines is 1. The van der Waals surface area contributed by atoms with E-state index in [1.165, 1.54) is 0 Å². The molecular formula is C10H9ClN2. The highest BCUT2D eigenvalue weighted by atomic mass is 35.5. The minimum Gasteiger partial charge on any atom is -0.366 e. The summed E-state index contributed by atoms with van der Waals surface area (Å²) in [6.45, 7) is 0. The van der Waals surface area contributed by atoms with Crippen molar-refractivity contribution in [2.75, 3.05) is 5.32 Å². The maximum Gasteiger partial charge on any atom is 0.0561 e. The summed E-state index contributed by atoms with van der Waals surface area (Å²) in [6, 6.07) is 9.56. The van der Waals surface area contributed by atoms with Gasteiger partial charge in [0.1, 0.15) is 0 Å². The molecular weight excluding hydrogens is 184 g/mol. The van der Waals surface area contributed by atoms with E-state index in [2.05, 4.69) is 10.3 Å². The van der Waals surface area contributed by atoms with Crippen molar-refractivity contribution >= 4 is 23.0 Å². The van der Waals surface area contributed by atoms with Crippen molar-refractivity contribution < 1.29 is 0 Å². The maximum atomic E-state index is 5.76. The van der Waals surface area contributed by atoms with Gasteiger partial charge in [0.2, 0.25) is 0 Å². The van der Waals surface area contributed by atoms with Crippen molar-refractivity contribution in [1.82, 2.24) is 4.98 Å². The van der Waals surface area contributed by atoms with Crippen molar-refractivity contribution in [3.8, 4) is 0 Å². The highest BCUT2D eigenvalue weighted by Gasteiger charge is 1.93. The minimum atomic E-state index is 0.750. The Hall–Kier alpha value is -1.41. The third kappa shape index (κ3) is 2.04. The van der Waals surface area contributed by atoms with Gasteiger partial charge in [-0.3, -0.25) is 0 Å². The van der Waals surface area contributed by atoms with Gasteiger partial charge in [0.15, 0.2) is 0 Å². The van der Waals surface area contributed by atoms with Crippen LogP contribution in [0.15, 0.2) is 42.7 Å². The highest BCUT2D eigenvalue weighted by Crippen LogP contribution is 2.17. The number of hydrogen-bond donors (Lipinski definition) is 2. The number of anilines is 2. The summed E-state index contributed by atoms with van der Waals surface area (Å²) in [5, 5.41) is 3.97. The molecule has 2 rings (SSSR count). The van der Waals surface area contributed by atoms with Gasteiger partial charge in [-0.15, -0.1) is 0 Å².